The molecule has 1 saturated heterocycles. The van der Waals surface area contributed by atoms with Crippen LogP contribution in [0.1, 0.15) is 32.3 Å². The number of nitrogens with one attached hydrogen (secondary N) is 2. The van der Waals surface area contributed by atoms with E-state index in [1.807, 2.05) is 5.01 Å². The molecular weight excluding hydrogens is 407 g/mol. The second kappa shape index (κ2) is 8.60. The molecule has 0 atom stereocenters. The summed E-state index contributed by atoms with van der Waals surface area (Å²) in [6.07, 6.45) is 3.63. The molecule has 150 valence electrons. The van der Waals surface area contributed by atoms with Crippen molar-refractivity contribution in [3.8, 4) is 5.75 Å². The van der Waals surface area contributed by atoms with Crippen molar-refractivity contribution in [2.45, 2.75) is 32.2 Å². The van der Waals surface area contributed by atoms with E-state index in [1.165, 1.54) is 43.8 Å². The molecule has 0 radical (unpaired) electrons. The molecule has 3 rings (SSSR count). The van der Waals surface area contributed by atoms with Gasteiger partial charge in [0.15, 0.2) is 5.17 Å². The summed E-state index contributed by atoms with van der Waals surface area (Å²) < 4.78 is 19.0. The largest absolute Gasteiger partial charge is 0.424 e. The molecule has 2 aliphatic heterocycles. The van der Waals surface area contributed by atoms with Crippen LogP contribution in [0.3, 0.4) is 0 Å². The lowest BCUT2D eigenvalue weighted by Crippen LogP contribution is -2.45. The van der Waals surface area contributed by atoms with E-state index in [9.17, 15) is 14.0 Å². The van der Waals surface area contributed by atoms with Crippen LogP contribution in [-0.4, -0.2) is 40.7 Å². The highest BCUT2D eigenvalue weighted by molar-refractivity contribution is 8.18. The smallest absolute Gasteiger partial charge is 0.332 e. The number of hydrogen-bond acceptors (Lipinski definition) is 7. The van der Waals surface area contributed by atoms with Crippen LogP contribution in [0.4, 0.5) is 4.39 Å². The van der Waals surface area contributed by atoms with Crippen LogP contribution in [0, 0.1) is 5.82 Å². The van der Waals surface area contributed by atoms with Crippen molar-refractivity contribution in [1.29, 1.82) is 0 Å². The van der Waals surface area contributed by atoms with E-state index in [-0.39, 0.29) is 5.75 Å². The Morgan fingerprint density at radius 1 is 1.46 bits per heavy atom. The van der Waals surface area contributed by atoms with Crippen molar-refractivity contribution < 1.29 is 18.7 Å². The van der Waals surface area contributed by atoms with Crippen molar-refractivity contribution >= 4 is 46.7 Å². The number of benzene rings is 1. The lowest BCUT2D eigenvalue weighted by Gasteiger charge is -2.28. The van der Waals surface area contributed by atoms with E-state index in [4.69, 9.17) is 16.5 Å². The highest BCUT2D eigenvalue weighted by Gasteiger charge is 2.30. The first-order chi connectivity index (χ1) is 13.3. The van der Waals surface area contributed by atoms with Crippen molar-refractivity contribution in [2.75, 3.05) is 13.1 Å². The lowest BCUT2D eigenvalue weighted by atomic mass is 10.1. The third-order valence-corrected chi connectivity index (χ3v) is 5.64. The number of ether oxygens (including phenoxy) is 1. The van der Waals surface area contributed by atoms with Crippen molar-refractivity contribution in [2.24, 2.45) is 4.99 Å². The minimum atomic E-state index is -1.17. The molecule has 2 heterocycles. The Bertz CT molecular complexity index is 853. The molecule has 0 aliphatic carbocycles. The minimum Gasteiger partial charge on any atom is -0.424 e. The highest BCUT2D eigenvalue weighted by Crippen LogP contribution is 2.33. The van der Waals surface area contributed by atoms with Gasteiger partial charge in [-0.25, -0.2) is 19.4 Å². The third kappa shape index (κ3) is 4.72. The number of rotatable bonds is 4. The van der Waals surface area contributed by atoms with Gasteiger partial charge >= 0.3 is 5.97 Å². The number of amidine groups is 1. The van der Waals surface area contributed by atoms with Crippen LogP contribution < -0.4 is 15.0 Å². The first-order valence-electron chi connectivity index (χ1n) is 8.73. The van der Waals surface area contributed by atoms with E-state index in [0.29, 0.717) is 15.6 Å². The fourth-order valence-corrected chi connectivity index (χ4v) is 3.48. The standard InChI is InChI=1S/C18H20ClFN4O3S/c1-18(2,23-19)16(26)27-13-10-12(20)6-5-11(13)9-14-15(25)22-17(28-14)24-8-4-3-7-21-24/h5-6,9-10,21,23H,3-4,7-8H2,1-2H3/b14-9+. The van der Waals surface area contributed by atoms with Gasteiger partial charge in [-0.1, -0.05) is 0 Å². The Kier molecular flexibility index (Phi) is 6.39. The molecule has 0 aromatic heterocycles. The molecule has 1 aromatic carbocycles. The van der Waals surface area contributed by atoms with Crippen LogP contribution in [0.15, 0.2) is 28.1 Å². The number of aliphatic imine (C=N–C) groups is 1. The maximum Gasteiger partial charge on any atom is 0.332 e. The van der Waals surface area contributed by atoms with Gasteiger partial charge < -0.3 is 4.74 Å². The van der Waals surface area contributed by atoms with E-state index in [2.05, 4.69) is 15.3 Å². The van der Waals surface area contributed by atoms with Gasteiger partial charge in [0.2, 0.25) is 0 Å². The topological polar surface area (TPSA) is 83.0 Å². The van der Waals surface area contributed by atoms with Gasteiger partial charge in [-0.05, 0) is 68.4 Å². The molecular formula is C18H20ClFN4O3S. The number of carbonyl (C=O) groups excluding carboxylic acids is 2. The van der Waals surface area contributed by atoms with Crippen LogP contribution in [-0.2, 0) is 9.59 Å². The molecule has 7 nitrogen and oxygen atoms in total. The summed E-state index contributed by atoms with van der Waals surface area (Å²) >= 11 is 6.78. The molecule has 2 aliphatic rings. The Balaban J connectivity index is 1.82. The monoisotopic (exact) mass is 426 g/mol. The maximum atomic E-state index is 13.7. The Morgan fingerprint density at radius 2 is 2.25 bits per heavy atom. The Labute approximate surface area is 171 Å². The van der Waals surface area contributed by atoms with Gasteiger partial charge in [0, 0.05) is 24.7 Å². The summed E-state index contributed by atoms with van der Waals surface area (Å²) in [7, 11) is 0. The van der Waals surface area contributed by atoms with E-state index < -0.39 is 23.2 Å². The van der Waals surface area contributed by atoms with Crippen LogP contribution in [0.25, 0.3) is 6.08 Å². The molecule has 1 fully saturated rings. The van der Waals surface area contributed by atoms with Crippen LogP contribution in [0.5, 0.6) is 5.75 Å². The summed E-state index contributed by atoms with van der Waals surface area (Å²) in [5.74, 6) is -1.65. The molecule has 0 saturated carbocycles. The second-order valence-electron chi connectivity index (χ2n) is 6.87. The average Bonchev–Trinajstić information content (AvgIpc) is 3.05. The number of hydrogen-bond donors (Lipinski definition) is 2. The lowest BCUT2D eigenvalue weighted by molar-refractivity contribution is -0.139. The van der Waals surface area contributed by atoms with Gasteiger partial charge in [0.05, 0.1) is 4.91 Å². The quantitative estimate of drug-likeness (QED) is 0.331. The Hall–Kier alpha value is -1.94. The maximum absolute atomic E-state index is 13.7. The van der Waals surface area contributed by atoms with Gasteiger partial charge in [-0.2, -0.15) is 4.99 Å². The summed E-state index contributed by atoms with van der Waals surface area (Å²) in [6.45, 7) is 4.66. The second-order valence-corrected chi connectivity index (χ2v) is 8.07. The van der Waals surface area contributed by atoms with Gasteiger partial charge in [-0.3, -0.25) is 9.80 Å². The predicted molar refractivity (Wildman–Crippen MR) is 107 cm³/mol. The zero-order valence-corrected chi connectivity index (χ0v) is 17.0. The van der Waals surface area contributed by atoms with Gasteiger partial charge in [-0.15, -0.1) is 0 Å². The minimum absolute atomic E-state index is 0.00422. The number of hydrazine groups is 1. The first kappa shape index (κ1) is 20.8. The predicted octanol–water partition coefficient (Wildman–Crippen LogP) is 2.82. The number of thioether (sulfide) groups is 1. The SMILES string of the molecule is CC(C)(NCl)C(=O)Oc1cc(F)ccc1/C=C1/SC(N2CCCCN2)=NC1=O. The number of nitrogens with zero attached hydrogens (tertiary/aromatic N) is 2. The number of amides is 1. The van der Waals surface area contributed by atoms with Crippen LogP contribution in [0.2, 0.25) is 0 Å². The zero-order valence-electron chi connectivity index (χ0n) is 15.4. The molecule has 2 N–H and O–H groups in total. The fraction of sp³-hybridized carbons (Fsp3) is 0.389. The van der Waals surface area contributed by atoms with Crippen molar-refractivity contribution in [3.63, 3.8) is 0 Å². The van der Waals surface area contributed by atoms with Crippen molar-refractivity contribution in [3.05, 3.63) is 34.5 Å². The first-order valence-corrected chi connectivity index (χ1v) is 9.93. The summed E-state index contributed by atoms with van der Waals surface area (Å²) in [5.41, 5.74) is 2.41. The van der Waals surface area contributed by atoms with Gasteiger partial charge in [0.25, 0.3) is 5.91 Å². The summed E-state index contributed by atoms with van der Waals surface area (Å²) in [6, 6.07) is 3.76. The molecule has 0 bridgehead atoms. The summed E-state index contributed by atoms with van der Waals surface area (Å²) in [4.78, 5) is 31.3. The van der Waals surface area contributed by atoms with E-state index in [1.54, 1.807) is 0 Å². The van der Waals surface area contributed by atoms with Gasteiger partial charge in [0.1, 0.15) is 17.1 Å². The molecule has 10 heteroatoms. The van der Waals surface area contributed by atoms with E-state index in [0.717, 1.165) is 32.0 Å². The number of carbonyl (C=O) groups is 2. The van der Waals surface area contributed by atoms with E-state index >= 15 is 0 Å². The molecule has 0 unspecified atom stereocenters. The summed E-state index contributed by atoms with van der Waals surface area (Å²) in [5, 5.41) is 2.43. The van der Waals surface area contributed by atoms with Crippen LogP contribution >= 0.6 is 23.5 Å². The van der Waals surface area contributed by atoms with Crippen molar-refractivity contribution in [1.82, 2.24) is 15.3 Å². The number of esters is 1. The average molecular weight is 427 g/mol. The molecule has 0 spiro atoms. The molecule has 1 aromatic rings. The zero-order chi connectivity index (χ0) is 20.3. The fourth-order valence-electron chi connectivity index (χ4n) is 2.49. The molecule has 1 amide bonds. The molecule has 28 heavy (non-hydrogen) atoms. The third-order valence-electron chi connectivity index (χ3n) is 4.16. The Morgan fingerprint density at radius 3 is 2.93 bits per heavy atom. The number of halogens is 2. The highest BCUT2D eigenvalue weighted by atomic mass is 35.5. The normalized spacial score (nSPS) is 19.1.